The average molecular weight is 376 g/mol. The van der Waals surface area contributed by atoms with E-state index in [4.69, 9.17) is 9.26 Å². The van der Waals surface area contributed by atoms with Crippen molar-refractivity contribution in [1.82, 2.24) is 0 Å². The summed E-state index contributed by atoms with van der Waals surface area (Å²) in [4.78, 5) is 0. The maximum Gasteiger partial charge on any atom is 0.210 e. The van der Waals surface area contributed by atoms with E-state index >= 15 is 0 Å². The van der Waals surface area contributed by atoms with Crippen molar-refractivity contribution in [2.75, 3.05) is 26.0 Å². The van der Waals surface area contributed by atoms with Crippen LogP contribution in [0.1, 0.15) is 34.1 Å². The molecule has 3 nitrogen and oxygen atoms in total. The number of hydrogen-bond acceptors (Lipinski definition) is 3. The Balaban J connectivity index is 0.000000823. The van der Waals surface area contributed by atoms with Crippen molar-refractivity contribution in [2.45, 2.75) is 39.8 Å². The Morgan fingerprint density at radius 3 is 2.36 bits per heavy atom. The summed E-state index contributed by atoms with van der Waals surface area (Å²) in [5, 5.41) is 0. The van der Waals surface area contributed by atoms with Crippen LogP contribution in [-0.4, -0.2) is 31.6 Å². The first-order valence-corrected chi connectivity index (χ1v) is 10.5. The molecular formula is C19H31F2O3P. The van der Waals surface area contributed by atoms with E-state index in [2.05, 4.69) is 6.58 Å². The standard InChI is InChI=1S/C14H21F2O2P.C5H10O/c1-4-18-19(17,14-10-11(14)2)9-8-13(16)7-5-6-12(3)15;1-3-5-6-4-2/h5-8,11,14H,4,9-10H2,1-3H3;3H,1,4-5H2,2H3/b7-5-,12-6+,13-8-;. The van der Waals surface area contributed by atoms with Gasteiger partial charge in [-0.2, -0.15) is 0 Å². The third-order valence-corrected chi connectivity index (χ3v) is 6.60. The van der Waals surface area contributed by atoms with Crippen molar-refractivity contribution in [3.05, 3.63) is 48.6 Å². The van der Waals surface area contributed by atoms with Crippen molar-refractivity contribution in [3.8, 4) is 0 Å². The molecule has 3 unspecified atom stereocenters. The Labute approximate surface area is 150 Å². The van der Waals surface area contributed by atoms with Gasteiger partial charge in [0.1, 0.15) is 5.83 Å². The lowest BCUT2D eigenvalue weighted by atomic mass is 10.4. The molecule has 0 N–H and O–H groups in total. The average Bonchev–Trinajstić information content (AvgIpc) is 3.29. The fraction of sp³-hybridized carbons (Fsp3) is 0.579. The quantitative estimate of drug-likeness (QED) is 0.197. The highest BCUT2D eigenvalue weighted by Gasteiger charge is 2.47. The van der Waals surface area contributed by atoms with Crippen molar-refractivity contribution < 1.29 is 22.6 Å². The Bertz CT molecular complexity index is 523. The minimum atomic E-state index is -2.78. The van der Waals surface area contributed by atoms with Gasteiger partial charge in [-0.25, -0.2) is 8.78 Å². The second-order valence-electron chi connectivity index (χ2n) is 5.76. The molecule has 0 aromatic rings. The van der Waals surface area contributed by atoms with E-state index in [-0.39, 0.29) is 11.8 Å². The zero-order chi connectivity index (χ0) is 19.3. The summed E-state index contributed by atoms with van der Waals surface area (Å²) in [5.41, 5.74) is 0.0634. The smallest absolute Gasteiger partial charge is 0.210 e. The molecule has 0 aromatic heterocycles. The fourth-order valence-corrected chi connectivity index (χ4v) is 4.97. The van der Waals surface area contributed by atoms with Crippen LogP contribution in [0.4, 0.5) is 8.78 Å². The maximum absolute atomic E-state index is 13.5. The van der Waals surface area contributed by atoms with Gasteiger partial charge >= 0.3 is 0 Å². The number of ether oxygens (including phenoxy) is 1. The van der Waals surface area contributed by atoms with E-state index in [1.165, 1.54) is 25.2 Å². The molecule has 144 valence electrons. The Hall–Kier alpha value is -1.03. The van der Waals surface area contributed by atoms with Crippen molar-refractivity contribution >= 4 is 7.37 Å². The van der Waals surface area contributed by atoms with Gasteiger partial charge in [-0.3, -0.25) is 4.57 Å². The molecule has 1 saturated carbocycles. The lowest BCUT2D eigenvalue weighted by molar-refractivity contribution is 0.178. The third-order valence-electron chi connectivity index (χ3n) is 3.48. The summed E-state index contributed by atoms with van der Waals surface area (Å²) in [5.74, 6) is -0.525. The van der Waals surface area contributed by atoms with Gasteiger partial charge in [0.2, 0.25) is 7.37 Å². The van der Waals surface area contributed by atoms with Crippen molar-refractivity contribution in [2.24, 2.45) is 5.92 Å². The third kappa shape index (κ3) is 11.2. The summed E-state index contributed by atoms with van der Waals surface area (Å²) in [6.45, 7) is 12.4. The van der Waals surface area contributed by atoms with Crippen LogP contribution < -0.4 is 0 Å². The maximum atomic E-state index is 13.5. The van der Waals surface area contributed by atoms with Gasteiger partial charge in [0.05, 0.1) is 19.0 Å². The molecule has 0 radical (unpaired) electrons. The van der Waals surface area contributed by atoms with E-state index in [0.717, 1.165) is 19.1 Å². The van der Waals surface area contributed by atoms with Gasteiger partial charge < -0.3 is 9.26 Å². The molecule has 3 atom stereocenters. The van der Waals surface area contributed by atoms with Gasteiger partial charge in [0, 0.05) is 18.4 Å². The number of rotatable bonds is 10. The van der Waals surface area contributed by atoms with Gasteiger partial charge in [0.25, 0.3) is 0 Å². The van der Waals surface area contributed by atoms with Crippen LogP contribution in [0.15, 0.2) is 48.6 Å². The summed E-state index contributed by atoms with van der Waals surface area (Å²) in [6, 6.07) is 0. The fourth-order valence-electron chi connectivity index (χ4n) is 2.11. The van der Waals surface area contributed by atoms with Crippen LogP contribution in [-0.2, 0) is 13.8 Å². The zero-order valence-electron chi connectivity index (χ0n) is 15.7. The molecule has 25 heavy (non-hydrogen) atoms. The minimum Gasteiger partial charge on any atom is -0.378 e. The molecular weight excluding hydrogens is 345 g/mol. The molecule has 1 fully saturated rings. The summed E-state index contributed by atoms with van der Waals surface area (Å²) < 4.78 is 48.6. The second kappa shape index (κ2) is 13.2. The van der Waals surface area contributed by atoms with Crippen LogP contribution in [0.5, 0.6) is 0 Å². The summed E-state index contributed by atoms with van der Waals surface area (Å²) in [6.07, 6.45) is 7.58. The van der Waals surface area contributed by atoms with Crippen LogP contribution in [0.3, 0.4) is 0 Å². The number of allylic oxidation sites excluding steroid dienone is 6. The van der Waals surface area contributed by atoms with Gasteiger partial charge in [-0.15, -0.1) is 6.58 Å². The van der Waals surface area contributed by atoms with Crippen LogP contribution >= 0.6 is 7.37 Å². The minimum absolute atomic E-state index is 0.0634. The van der Waals surface area contributed by atoms with Gasteiger partial charge in [-0.1, -0.05) is 19.1 Å². The first-order valence-electron chi connectivity index (χ1n) is 8.58. The van der Waals surface area contributed by atoms with Crippen LogP contribution in [0.25, 0.3) is 0 Å². The van der Waals surface area contributed by atoms with E-state index in [1.807, 2.05) is 13.8 Å². The number of hydrogen-bond donors (Lipinski definition) is 0. The van der Waals surface area contributed by atoms with E-state index in [9.17, 15) is 13.3 Å². The predicted molar refractivity (Wildman–Crippen MR) is 102 cm³/mol. The molecule has 0 heterocycles. The molecule has 0 aliphatic heterocycles. The molecule has 1 rings (SSSR count). The molecule has 1 aliphatic rings. The largest absolute Gasteiger partial charge is 0.378 e. The topological polar surface area (TPSA) is 35.5 Å². The van der Waals surface area contributed by atoms with E-state index in [0.29, 0.717) is 19.1 Å². The molecule has 0 aromatic carbocycles. The van der Waals surface area contributed by atoms with Crippen molar-refractivity contribution in [3.63, 3.8) is 0 Å². The summed E-state index contributed by atoms with van der Waals surface area (Å²) in [7, 11) is -2.78. The summed E-state index contributed by atoms with van der Waals surface area (Å²) >= 11 is 0. The molecule has 0 saturated heterocycles. The van der Waals surface area contributed by atoms with E-state index < -0.39 is 19.0 Å². The van der Waals surface area contributed by atoms with Gasteiger partial charge in [-0.05, 0) is 51.3 Å². The lowest BCUT2D eigenvalue weighted by Crippen LogP contribution is -2.00. The van der Waals surface area contributed by atoms with Crippen LogP contribution in [0.2, 0.25) is 0 Å². The SMILES string of the molecule is C=CCOCC.CCOP(=O)(C/C=C(F)/C=C\C=C(/C)F)C1CC1C. The normalized spacial score (nSPS) is 23.0. The van der Waals surface area contributed by atoms with Crippen LogP contribution in [0, 0.1) is 5.92 Å². The van der Waals surface area contributed by atoms with Gasteiger partial charge in [0.15, 0.2) is 0 Å². The molecule has 0 amide bonds. The Morgan fingerprint density at radius 1 is 1.32 bits per heavy atom. The monoisotopic (exact) mass is 376 g/mol. The molecule has 1 aliphatic carbocycles. The molecule has 6 heteroatoms. The number of halogens is 2. The molecule has 0 bridgehead atoms. The lowest BCUT2D eigenvalue weighted by Gasteiger charge is -2.15. The highest BCUT2D eigenvalue weighted by molar-refractivity contribution is 7.60. The first-order chi connectivity index (χ1) is 11.8. The second-order valence-corrected chi connectivity index (χ2v) is 8.50. The predicted octanol–water partition coefficient (Wildman–Crippen LogP) is 6.20. The Kier molecular flexibility index (Phi) is 12.7. The highest BCUT2D eigenvalue weighted by atomic mass is 31.2. The van der Waals surface area contributed by atoms with Crippen molar-refractivity contribution in [1.29, 1.82) is 0 Å². The zero-order valence-corrected chi connectivity index (χ0v) is 16.6. The Morgan fingerprint density at radius 2 is 1.96 bits per heavy atom. The van der Waals surface area contributed by atoms with E-state index in [1.54, 1.807) is 13.0 Å². The molecule has 0 spiro atoms. The first kappa shape index (κ1) is 24.0. The highest BCUT2D eigenvalue weighted by Crippen LogP contribution is 2.64.